The zero-order valence-corrected chi connectivity index (χ0v) is 10.1. The summed E-state index contributed by atoms with van der Waals surface area (Å²) in [4.78, 5) is 22.7. The molecule has 0 unspecified atom stereocenters. The van der Waals surface area contributed by atoms with E-state index in [1.54, 1.807) is 4.57 Å². The summed E-state index contributed by atoms with van der Waals surface area (Å²) in [6, 6.07) is 0.0199. The summed E-state index contributed by atoms with van der Waals surface area (Å²) in [5.74, 6) is 0.247. The second-order valence-corrected chi connectivity index (χ2v) is 4.38. The van der Waals surface area contributed by atoms with Gasteiger partial charge in [-0.05, 0) is 13.8 Å². The maximum Gasteiger partial charge on any atom is 0.346 e. The van der Waals surface area contributed by atoms with Gasteiger partial charge in [-0.15, -0.1) is 0 Å². The molecular formula is C10H18N4O2. The van der Waals surface area contributed by atoms with Crippen molar-refractivity contribution < 1.29 is 4.79 Å². The summed E-state index contributed by atoms with van der Waals surface area (Å²) in [6.45, 7) is 7.55. The summed E-state index contributed by atoms with van der Waals surface area (Å²) in [5.41, 5.74) is 4.78. The summed E-state index contributed by atoms with van der Waals surface area (Å²) in [6.07, 6.45) is 0. The largest absolute Gasteiger partial charge is 0.368 e. The van der Waals surface area contributed by atoms with Crippen molar-refractivity contribution in [3.8, 4) is 0 Å². The molecule has 1 aromatic heterocycles. The van der Waals surface area contributed by atoms with Gasteiger partial charge in [0.05, 0.1) is 0 Å². The van der Waals surface area contributed by atoms with Crippen LogP contribution in [0.1, 0.15) is 45.5 Å². The first-order chi connectivity index (χ1) is 7.34. The van der Waals surface area contributed by atoms with Gasteiger partial charge in [0, 0.05) is 12.0 Å². The van der Waals surface area contributed by atoms with Crippen LogP contribution in [-0.4, -0.2) is 20.3 Å². The predicted octanol–water partition coefficient (Wildman–Crippen LogP) is 0.234. The molecule has 1 amide bonds. The third-order valence-corrected chi connectivity index (χ3v) is 2.24. The Morgan fingerprint density at radius 2 is 1.94 bits per heavy atom. The Hall–Kier alpha value is -1.59. The van der Waals surface area contributed by atoms with Gasteiger partial charge in [0.15, 0.2) is 0 Å². The Morgan fingerprint density at radius 3 is 2.25 bits per heavy atom. The van der Waals surface area contributed by atoms with Crippen molar-refractivity contribution >= 4 is 5.91 Å². The van der Waals surface area contributed by atoms with Crippen LogP contribution in [0.5, 0.6) is 0 Å². The van der Waals surface area contributed by atoms with E-state index in [1.807, 2.05) is 27.7 Å². The lowest BCUT2D eigenvalue weighted by atomic mass is 10.2. The molecule has 1 aromatic rings. The molecule has 0 aromatic carbocycles. The smallest absolute Gasteiger partial charge is 0.346 e. The number of carbonyl (C=O) groups is 1. The van der Waals surface area contributed by atoms with Crippen molar-refractivity contribution in [3.05, 3.63) is 16.3 Å². The molecule has 0 aliphatic rings. The van der Waals surface area contributed by atoms with Crippen LogP contribution in [0.4, 0.5) is 0 Å². The molecule has 6 nitrogen and oxygen atoms in total. The van der Waals surface area contributed by atoms with Gasteiger partial charge in [-0.2, -0.15) is 5.10 Å². The average molecular weight is 226 g/mol. The van der Waals surface area contributed by atoms with Crippen LogP contribution >= 0.6 is 0 Å². The number of primary amides is 1. The van der Waals surface area contributed by atoms with E-state index in [2.05, 4.69) is 5.10 Å². The molecule has 0 bridgehead atoms. The van der Waals surface area contributed by atoms with E-state index in [1.165, 1.54) is 0 Å². The molecule has 1 rings (SSSR count). The van der Waals surface area contributed by atoms with Crippen LogP contribution in [0.25, 0.3) is 0 Å². The zero-order valence-electron chi connectivity index (χ0n) is 10.1. The second-order valence-electron chi connectivity index (χ2n) is 4.38. The highest BCUT2D eigenvalue weighted by Crippen LogP contribution is 2.13. The molecule has 0 saturated carbocycles. The van der Waals surface area contributed by atoms with Gasteiger partial charge < -0.3 is 5.73 Å². The van der Waals surface area contributed by atoms with Crippen LogP contribution in [0.3, 0.4) is 0 Å². The maximum atomic E-state index is 11.9. The van der Waals surface area contributed by atoms with Gasteiger partial charge in [-0.25, -0.2) is 9.48 Å². The maximum absolute atomic E-state index is 11.9. The van der Waals surface area contributed by atoms with Crippen molar-refractivity contribution in [1.82, 2.24) is 14.3 Å². The Balaban J connectivity index is 3.30. The van der Waals surface area contributed by atoms with Crippen LogP contribution in [-0.2, 0) is 11.3 Å². The minimum atomic E-state index is -0.564. The molecular weight excluding hydrogens is 208 g/mol. The molecule has 2 N–H and O–H groups in total. The van der Waals surface area contributed by atoms with Crippen molar-refractivity contribution in [2.75, 3.05) is 0 Å². The topological polar surface area (TPSA) is 82.9 Å². The lowest BCUT2D eigenvalue weighted by Gasteiger charge is -2.10. The Labute approximate surface area is 94.1 Å². The number of aromatic nitrogens is 3. The van der Waals surface area contributed by atoms with Crippen molar-refractivity contribution in [2.45, 2.75) is 46.2 Å². The molecule has 0 spiro atoms. The third kappa shape index (κ3) is 2.32. The molecule has 1 heterocycles. The molecule has 0 saturated heterocycles. The molecule has 0 aliphatic heterocycles. The summed E-state index contributed by atoms with van der Waals surface area (Å²) >= 11 is 0. The fourth-order valence-electron chi connectivity index (χ4n) is 1.57. The number of amides is 1. The van der Waals surface area contributed by atoms with E-state index in [-0.39, 0.29) is 24.2 Å². The van der Waals surface area contributed by atoms with Gasteiger partial charge in [0.1, 0.15) is 12.4 Å². The van der Waals surface area contributed by atoms with Crippen LogP contribution in [0.15, 0.2) is 4.79 Å². The average Bonchev–Trinajstić information content (AvgIpc) is 2.43. The zero-order chi connectivity index (χ0) is 12.5. The van der Waals surface area contributed by atoms with E-state index in [9.17, 15) is 9.59 Å². The van der Waals surface area contributed by atoms with E-state index in [0.29, 0.717) is 5.82 Å². The number of hydrogen-bond donors (Lipinski definition) is 1. The van der Waals surface area contributed by atoms with E-state index < -0.39 is 5.91 Å². The van der Waals surface area contributed by atoms with Crippen molar-refractivity contribution in [3.63, 3.8) is 0 Å². The van der Waals surface area contributed by atoms with Gasteiger partial charge in [-0.3, -0.25) is 9.36 Å². The fourth-order valence-corrected chi connectivity index (χ4v) is 1.57. The van der Waals surface area contributed by atoms with Crippen molar-refractivity contribution in [1.29, 1.82) is 0 Å². The molecule has 90 valence electrons. The van der Waals surface area contributed by atoms with Gasteiger partial charge in [0.2, 0.25) is 5.91 Å². The molecule has 16 heavy (non-hydrogen) atoms. The first-order valence-electron chi connectivity index (χ1n) is 5.32. The van der Waals surface area contributed by atoms with E-state index in [0.717, 1.165) is 4.68 Å². The molecule has 0 fully saturated rings. The Kier molecular flexibility index (Phi) is 3.51. The highest BCUT2D eigenvalue weighted by atomic mass is 16.2. The second kappa shape index (κ2) is 4.51. The summed E-state index contributed by atoms with van der Waals surface area (Å²) < 4.78 is 2.71. The lowest BCUT2D eigenvalue weighted by Crippen LogP contribution is -2.31. The fraction of sp³-hybridized carbons (Fsp3) is 0.700. The lowest BCUT2D eigenvalue weighted by molar-refractivity contribution is -0.118. The first kappa shape index (κ1) is 12.5. The highest BCUT2D eigenvalue weighted by molar-refractivity contribution is 5.73. The number of rotatable bonds is 4. The molecule has 0 aliphatic carbocycles. The van der Waals surface area contributed by atoms with Crippen LogP contribution < -0.4 is 11.4 Å². The number of carbonyl (C=O) groups excluding carboxylic acids is 1. The number of nitrogens with two attached hydrogens (primary N) is 1. The molecule has 0 atom stereocenters. The summed E-state index contributed by atoms with van der Waals surface area (Å²) in [5, 5.41) is 4.14. The minimum absolute atomic E-state index is 0.0199. The Bertz CT molecular complexity index is 442. The normalized spacial score (nSPS) is 11.4. The minimum Gasteiger partial charge on any atom is -0.368 e. The van der Waals surface area contributed by atoms with Gasteiger partial charge in [0.25, 0.3) is 0 Å². The van der Waals surface area contributed by atoms with Gasteiger partial charge in [-0.1, -0.05) is 13.8 Å². The summed E-state index contributed by atoms with van der Waals surface area (Å²) in [7, 11) is 0. The van der Waals surface area contributed by atoms with Crippen LogP contribution in [0, 0.1) is 0 Å². The monoisotopic (exact) mass is 226 g/mol. The SMILES string of the molecule is CC(C)c1nn(CC(N)=O)c(=O)n1C(C)C. The van der Waals surface area contributed by atoms with Gasteiger partial charge >= 0.3 is 5.69 Å². The van der Waals surface area contributed by atoms with E-state index >= 15 is 0 Å². The number of nitrogens with zero attached hydrogens (tertiary/aromatic N) is 3. The van der Waals surface area contributed by atoms with Crippen LogP contribution in [0.2, 0.25) is 0 Å². The first-order valence-corrected chi connectivity index (χ1v) is 5.32. The van der Waals surface area contributed by atoms with E-state index in [4.69, 9.17) is 5.73 Å². The number of hydrogen-bond acceptors (Lipinski definition) is 3. The molecule has 0 radical (unpaired) electrons. The van der Waals surface area contributed by atoms with Crippen molar-refractivity contribution in [2.24, 2.45) is 5.73 Å². The standard InChI is InChI=1S/C10H18N4O2/c1-6(2)9-12-13(5-8(11)15)10(16)14(9)7(3)4/h6-7H,5H2,1-4H3,(H2,11,15). The quantitative estimate of drug-likeness (QED) is 0.798. The Morgan fingerprint density at radius 1 is 1.38 bits per heavy atom. The third-order valence-electron chi connectivity index (χ3n) is 2.24. The highest BCUT2D eigenvalue weighted by Gasteiger charge is 2.18. The molecule has 6 heteroatoms. The predicted molar refractivity (Wildman–Crippen MR) is 60.2 cm³/mol.